The smallest absolute Gasteiger partial charge is 0.224 e. The molecule has 1 amide bonds. The van der Waals surface area contributed by atoms with Gasteiger partial charge >= 0.3 is 0 Å². The number of hydrogen-bond acceptors (Lipinski definition) is 2. The summed E-state index contributed by atoms with van der Waals surface area (Å²) < 4.78 is 1.06. The monoisotopic (exact) mass is 403 g/mol. The van der Waals surface area contributed by atoms with Gasteiger partial charge in [0.25, 0.3) is 0 Å². The molecule has 0 saturated carbocycles. The first-order valence-electron chi connectivity index (χ1n) is 8.47. The molecular formula is C20H22BrNOS. The molecule has 0 aromatic heterocycles. The van der Waals surface area contributed by atoms with E-state index in [2.05, 4.69) is 40.2 Å². The van der Waals surface area contributed by atoms with E-state index in [1.807, 2.05) is 35.2 Å². The summed E-state index contributed by atoms with van der Waals surface area (Å²) >= 11 is 5.33. The lowest BCUT2D eigenvalue weighted by atomic mass is 10.1. The Morgan fingerprint density at radius 3 is 2.50 bits per heavy atom. The summed E-state index contributed by atoms with van der Waals surface area (Å²) in [4.78, 5) is 16.0. The van der Waals surface area contributed by atoms with Gasteiger partial charge in [0.2, 0.25) is 5.91 Å². The van der Waals surface area contributed by atoms with Crippen molar-refractivity contribution < 1.29 is 4.79 Å². The van der Waals surface area contributed by atoms with E-state index >= 15 is 0 Å². The Morgan fingerprint density at radius 2 is 1.79 bits per heavy atom. The molecule has 1 heterocycles. The Hall–Kier alpha value is -1.26. The maximum atomic E-state index is 12.8. The molecule has 1 atom stereocenters. The predicted molar refractivity (Wildman–Crippen MR) is 104 cm³/mol. The number of thioether (sulfide) groups is 1. The van der Waals surface area contributed by atoms with Gasteiger partial charge in [-0.1, -0.05) is 46.3 Å². The van der Waals surface area contributed by atoms with Gasteiger partial charge in [0.1, 0.15) is 0 Å². The molecule has 1 aliphatic rings. The topological polar surface area (TPSA) is 20.3 Å². The SMILES string of the molecule is O=C(CC(Sc1ccccc1)c1cccc(Br)c1)N1CCCCC1. The minimum atomic E-state index is 0.138. The van der Waals surface area contributed by atoms with Crippen LogP contribution in [0.1, 0.15) is 36.5 Å². The van der Waals surface area contributed by atoms with Gasteiger partial charge in [0.05, 0.1) is 0 Å². The molecule has 3 rings (SSSR count). The van der Waals surface area contributed by atoms with Gasteiger partial charge in [-0.25, -0.2) is 0 Å². The zero-order chi connectivity index (χ0) is 16.8. The molecule has 0 bridgehead atoms. The Labute approximate surface area is 156 Å². The van der Waals surface area contributed by atoms with Gasteiger partial charge < -0.3 is 4.90 Å². The van der Waals surface area contributed by atoms with E-state index in [0.717, 1.165) is 30.4 Å². The highest BCUT2D eigenvalue weighted by atomic mass is 79.9. The second-order valence-electron chi connectivity index (χ2n) is 6.12. The number of piperidine rings is 1. The van der Waals surface area contributed by atoms with Crippen molar-refractivity contribution in [2.75, 3.05) is 13.1 Å². The van der Waals surface area contributed by atoms with E-state index in [4.69, 9.17) is 0 Å². The molecule has 1 aliphatic heterocycles. The minimum absolute atomic E-state index is 0.138. The van der Waals surface area contributed by atoms with E-state index in [9.17, 15) is 4.79 Å². The van der Waals surface area contributed by atoms with Crippen LogP contribution in [0, 0.1) is 0 Å². The lowest BCUT2D eigenvalue weighted by Gasteiger charge is -2.28. The van der Waals surface area contributed by atoms with Crippen molar-refractivity contribution in [1.82, 2.24) is 4.90 Å². The first-order chi connectivity index (χ1) is 11.7. The fourth-order valence-corrected chi connectivity index (χ4v) is 4.60. The predicted octanol–water partition coefficient (Wildman–Crippen LogP) is 5.69. The van der Waals surface area contributed by atoms with Crippen LogP contribution in [0.2, 0.25) is 0 Å². The van der Waals surface area contributed by atoms with Gasteiger partial charge in [-0.15, -0.1) is 11.8 Å². The Morgan fingerprint density at radius 1 is 1.04 bits per heavy atom. The van der Waals surface area contributed by atoms with Crippen LogP contribution in [-0.4, -0.2) is 23.9 Å². The first kappa shape index (κ1) is 17.6. The molecule has 0 radical (unpaired) electrons. The van der Waals surface area contributed by atoms with Crippen molar-refractivity contribution in [1.29, 1.82) is 0 Å². The van der Waals surface area contributed by atoms with Gasteiger partial charge in [-0.3, -0.25) is 4.79 Å². The van der Waals surface area contributed by atoms with Gasteiger partial charge in [0, 0.05) is 34.1 Å². The number of amides is 1. The van der Waals surface area contributed by atoms with Crippen LogP contribution in [0.3, 0.4) is 0 Å². The summed E-state index contributed by atoms with van der Waals surface area (Å²) in [6.07, 6.45) is 4.08. The Bertz CT molecular complexity index is 670. The lowest BCUT2D eigenvalue weighted by molar-refractivity contribution is -0.132. The quantitative estimate of drug-likeness (QED) is 0.597. The second-order valence-corrected chi connectivity index (χ2v) is 8.31. The fraction of sp³-hybridized carbons (Fsp3) is 0.350. The zero-order valence-corrected chi connectivity index (χ0v) is 16.1. The van der Waals surface area contributed by atoms with Crippen molar-refractivity contribution in [2.45, 2.75) is 35.8 Å². The van der Waals surface area contributed by atoms with E-state index in [1.165, 1.54) is 16.9 Å². The average Bonchev–Trinajstić information content (AvgIpc) is 2.63. The molecule has 2 aromatic rings. The standard InChI is InChI=1S/C20H22BrNOS/c21-17-9-7-8-16(14-17)19(24-18-10-3-1-4-11-18)15-20(23)22-12-5-2-6-13-22/h1,3-4,7-11,14,19H,2,5-6,12-13,15H2. The third kappa shape index (κ3) is 4.87. The summed E-state index contributed by atoms with van der Waals surface area (Å²) in [5, 5.41) is 0.138. The molecule has 126 valence electrons. The van der Waals surface area contributed by atoms with Gasteiger partial charge in [-0.05, 0) is 49.1 Å². The second kappa shape index (κ2) is 8.72. The van der Waals surface area contributed by atoms with Gasteiger partial charge in [-0.2, -0.15) is 0 Å². The molecule has 1 saturated heterocycles. The van der Waals surface area contributed by atoms with Crippen LogP contribution >= 0.6 is 27.7 Å². The molecule has 1 fully saturated rings. The highest BCUT2D eigenvalue weighted by Crippen LogP contribution is 2.39. The molecule has 2 aromatic carbocycles. The molecule has 0 aliphatic carbocycles. The van der Waals surface area contributed by atoms with Crippen LogP contribution in [0.15, 0.2) is 64.0 Å². The maximum Gasteiger partial charge on any atom is 0.224 e. The minimum Gasteiger partial charge on any atom is -0.343 e. The Balaban J connectivity index is 1.77. The zero-order valence-electron chi connectivity index (χ0n) is 13.7. The van der Waals surface area contributed by atoms with Crippen LogP contribution in [0.4, 0.5) is 0 Å². The highest BCUT2D eigenvalue weighted by Gasteiger charge is 2.23. The highest BCUT2D eigenvalue weighted by molar-refractivity contribution is 9.10. The third-order valence-corrected chi connectivity index (χ3v) is 6.07. The molecular weight excluding hydrogens is 382 g/mol. The van der Waals surface area contributed by atoms with Crippen LogP contribution in [0.5, 0.6) is 0 Å². The summed E-state index contributed by atoms with van der Waals surface area (Å²) in [7, 11) is 0. The van der Waals surface area contributed by atoms with E-state index in [0.29, 0.717) is 6.42 Å². The normalized spacial score (nSPS) is 16.0. The molecule has 0 N–H and O–H groups in total. The van der Waals surface area contributed by atoms with E-state index < -0.39 is 0 Å². The summed E-state index contributed by atoms with van der Waals surface area (Å²) in [5.41, 5.74) is 1.20. The molecule has 4 heteroatoms. The Kier molecular flexibility index (Phi) is 6.38. The van der Waals surface area contributed by atoms with Crippen molar-refractivity contribution >= 4 is 33.6 Å². The molecule has 2 nitrogen and oxygen atoms in total. The molecule has 24 heavy (non-hydrogen) atoms. The van der Waals surface area contributed by atoms with E-state index in [-0.39, 0.29) is 11.2 Å². The molecule has 1 unspecified atom stereocenters. The third-order valence-electron chi connectivity index (χ3n) is 4.31. The average molecular weight is 404 g/mol. The number of benzene rings is 2. The van der Waals surface area contributed by atoms with Gasteiger partial charge in [0.15, 0.2) is 0 Å². The maximum absolute atomic E-state index is 12.8. The number of hydrogen-bond donors (Lipinski definition) is 0. The van der Waals surface area contributed by atoms with Crippen molar-refractivity contribution in [3.63, 3.8) is 0 Å². The number of carbonyl (C=O) groups is 1. The summed E-state index contributed by atoms with van der Waals surface area (Å²) in [6, 6.07) is 18.7. The number of likely N-dealkylation sites (tertiary alicyclic amines) is 1. The molecule has 0 spiro atoms. The van der Waals surface area contributed by atoms with Crippen molar-refractivity contribution in [3.8, 4) is 0 Å². The lowest BCUT2D eigenvalue weighted by Crippen LogP contribution is -2.36. The summed E-state index contributed by atoms with van der Waals surface area (Å²) in [6.45, 7) is 1.83. The first-order valence-corrected chi connectivity index (χ1v) is 10.1. The van der Waals surface area contributed by atoms with Crippen LogP contribution in [-0.2, 0) is 4.79 Å². The van der Waals surface area contributed by atoms with Crippen LogP contribution in [0.25, 0.3) is 0 Å². The number of nitrogens with zero attached hydrogens (tertiary/aromatic N) is 1. The largest absolute Gasteiger partial charge is 0.343 e. The van der Waals surface area contributed by atoms with Crippen molar-refractivity contribution in [2.24, 2.45) is 0 Å². The fourth-order valence-electron chi connectivity index (χ4n) is 3.03. The van der Waals surface area contributed by atoms with E-state index in [1.54, 1.807) is 11.8 Å². The summed E-state index contributed by atoms with van der Waals surface area (Å²) in [5.74, 6) is 0.281. The van der Waals surface area contributed by atoms with Crippen molar-refractivity contribution in [3.05, 3.63) is 64.6 Å². The number of halogens is 1. The number of rotatable bonds is 5. The number of carbonyl (C=O) groups excluding carboxylic acids is 1. The van der Waals surface area contributed by atoms with Crippen LogP contribution < -0.4 is 0 Å².